The van der Waals surface area contributed by atoms with E-state index in [9.17, 15) is 29.9 Å². The highest BCUT2D eigenvalue weighted by atomic mass is 16.7. The Morgan fingerprint density at radius 1 is 1.36 bits per heavy atom. The van der Waals surface area contributed by atoms with Gasteiger partial charge in [0.1, 0.15) is 12.2 Å². The molecule has 1 fully saturated rings. The molecule has 6 atom stereocenters. The van der Waals surface area contributed by atoms with Gasteiger partial charge in [-0.05, 0) is 17.7 Å². The molecule has 2 rings (SSSR count). The molecule has 1 saturated heterocycles. The SMILES string of the molecule is COc1cc(/C=C/[N+](=O)[O-])ccc1O[C@]1(C(=O)O)C[C@H](OC)[C@@H](NC(C)=O)C([C@@H](OC)[C@@H](O)CN)O1. The van der Waals surface area contributed by atoms with Gasteiger partial charge in [-0.1, -0.05) is 6.07 Å². The first-order chi connectivity index (χ1) is 17.0. The van der Waals surface area contributed by atoms with E-state index in [0.29, 0.717) is 5.56 Å². The molecule has 1 unspecified atom stereocenters. The van der Waals surface area contributed by atoms with Crippen molar-refractivity contribution < 1.29 is 48.4 Å². The molecule has 1 aromatic rings. The van der Waals surface area contributed by atoms with Crippen LogP contribution in [0.4, 0.5) is 0 Å². The standard InChI is InChI=1S/C22H31N3O11/c1-12(26)24-18-17(33-3)10-22(21(28)29,36-20(18)19(34-4)14(27)11-23)35-15-6-5-13(7-8-25(30)31)9-16(15)32-2/h5-9,14,17-20,27H,10-11,23H2,1-4H3,(H,24,26)(H,28,29)/b8-7+/t14-,17-,18+,19-,20?,22+/m0/s1. The average Bonchev–Trinajstić information content (AvgIpc) is 2.84. The molecule has 14 heteroatoms. The summed E-state index contributed by atoms with van der Waals surface area (Å²) in [6.45, 7) is 1.02. The molecule has 1 aliphatic rings. The van der Waals surface area contributed by atoms with Crippen LogP contribution in [0.3, 0.4) is 0 Å². The van der Waals surface area contributed by atoms with E-state index in [4.69, 9.17) is 29.4 Å². The molecule has 0 radical (unpaired) electrons. The smallest absolute Gasteiger partial charge is 0.377 e. The molecule has 5 N–H and O–H groups in total. The molecule has 36 heavy (non-hydrogen) atoms. The number of methoxy groups -OCH3 is 3. The van der Waals surface area contributed by atoms with Crippen molar-refractivity contribution in [2.24, 2.45) is 5.73 Å². The molecule has 1 aliphatic heterocycles. The van der Waals surface area contributed by atoms with Crippen molar-refractivity contribution >= 4 is 18.0 Å². The van der Waals surface area contributed by atoms with Crippen LogP contribution >= 0.6 is 0 Å². The number of carbonyl (C=O) groups excluding carboxylic acids is 1. The summed E-state index contributed by atoms with van der Waals surface area (Å²) in [4.78, 5) is 34.4. The van der Waals surface area contributed by atoms with Crippen molar-refractivity contribution in [1.82, 2.24) is 5.32 Å². The van der Waals surface area contributed by atoms with E-state index in [1.165, 1.54) is 52.5 Å². The Labute approximate surface area is 207 Å². The van der Waals surface area contributed by atoms with Crippen LogP contribution in [-0.2, 0) is 23.8 Å². The molecule has 14 nitrogen and oxygen atoms in total. The zero-order chi connectivity index (χ0) is 27.0. The van der Waals surface area contributed by atoms with Crippen LogP contribution < -0.4 is 20.5 Å². The third kappa shape index (κ3) is 6.67. The van der Waals surface area contributed by atoms with Crippen LogP contribution in [0.5, 0.6) is 11.5 Å². The number of benzene rings is 1. The van der Waals surface area contributed by atoms with Gasteiger partial charge in [-0.2, -0.15) is 0 Å². The number of amides is 1. The Morgan fingerprint density at radius 3 is 2.56 bits per heavy atom. The molecule has 1 amide bonds. The van der Waals surface area contributed by atoms with Gasteiger partial charge in [-0.3, -0.25) is 14.9 Å². The molecule has 1 aromatic carbocycles. The van der Waals surface area contributed by atoms with Crippen molar-refractivity contribution in [3.05, 3.63) is 40.1 Å². The van der Waals surface area contributed by atoms with Crippen molar-refractivity contribution in [3.8, 4) is 11.5 Å². The highest BCUT2D eigenvalue weighted by molar-refractivity contribution is 5.77. The number of nitrogens with one attached hydrogen (secondary N) is 1. The molecule has 1 heterocycles. The van der Waals surface area contributed by atoms with Crippen molar-refractivity contribution in [1.29, 1.82) is 0 Å². The van der Waals surface area contributed by atoms with E-state index in [1.807, 2.05) is 0 Å². The Morgan fingerprint density at radius 2 is 2.06 bits per heavy atom. The minimum Gasteiger partial charge on any atom is -0.493 e. The number of nitro groups is 1. The number of nitrogens with two attached hydrogens (primary N) is 1. The lowest BCUT2D eigenvalue weighted by molar-refractivity contribution is -0.400. The maximum Gasteiger partial charge on any atom is 0.377 e. The van der Waals surface area contributed by atoms with E-state index in [-0.39, 0.29) is 24.5 Å². The highest BCUT2D eigenvalue weighted by Gasteiger charge is 2.57. The predicted molar refractivity (Wildman–Crippen MR) is 124 cm³/mol. The first-order valence-electron chi connectivity index (χ1n) is 10.8. The third-order valence-electron chi connectivity index (χ3n) is 5.62. The van der Waals surface area contributed by atoms with Crippen LogP contribution in [0.15, 0.2) is 24.4 Å². The van der Waals surface area contributed by atoms with Gasteiger partial charge in [0, 0.05) is 33.8 Å². The summed E-state index contributed by atoms with van der Waals surface area (Å²) in [6, 6.07) is 3.31. The normalized spacial score (nSPS) is 25.7. The molecule has 0 aliphatic carbocycles. The van der Waals surface area contributed by atoms with E-state index in [1.54, 1.807) is 0 Å². The van der Waals surface area contributed by atoms with Gasteiger partial charge in [0.15, 0.2) is 11.5 Å². The van der Waals surface area contributed by atoms with Gasteiger partial charge in [-0.25, -0.2) is 4.79 Å². The van der Waals surface area contributed by atoms with E-state index < -0.39 is 53.0 Å². The minimum atomic E-state index is -2.36. The largest absolute Gasteiger partial charge is 0.493 e. The van der Waals surface area contributed by atoms with Gasteiger partial charge >= 0.3 is 11.8 Å². The van der Waals surface area contributed by atoms with Crippen molar-refractivity contribution in [3.63, 3.8) is 0 Å². The molecule has 200 valence electrons. The van der Waals surface area contributed by atoms with E-state index in [0.717, 1.165) is 6.20 Å². The van der Waals surface area contributed by atoms with E-state index >= 15 is 0 Å². The lowest BCUT2D eigenvalue weighted by Crippen LogP contribution is -2.69. The lowest BCUT2D eigenvalue weighted by atomic mass is 9.88. The van der Waals surface area contributed by atoms with Gasteiger partial charge in [0.25, 0.3) is 0 Å². The summed E-state index contributed by atoms with van der Waals surface area (Å²) in [5.41, 5.74) is 6.00. The first kappa shape index (κ1) is 28.9. The van der Waals surface area contributed by atoms with E-state index in [2.05, 4.69) is 5.32 Å². The van der Waals surface area contributed by atoms with Crippen molar-refractivity contribution in [2.45, 2.75) is 49.6 Å². The van der Waals surface area contributed by atoms with Crippen LogP contribution in [0.1, 0.15) is 18.9 Å². The number of aliphatic hydroxyl groups is 1. The fourth-order valence-electron chi connectivity index (χ4n) is 3.94. The number of nitrogens with zero attached hydrogens (tertiary/aromatic N) is 1. The van der Waals surface area contributed by atoms with Gasteiger partial charge in [0.05, 0.1) is 36.7 Å². The van der Waals surface area contributed by atoms with Crippen LogP contribution in [0, 0.1) is 10.1 Å². The van der Waals surface area contributed by atoms with Crippen LogP contribution in [0.2, 0.25) is 0 Å². The summed E-state index contributed by atoms with van der Waals surface area (Å²) < 4.78 is 28.0. The Kier molecular flexibility index (Phi) is 10.1. The molecular weight excluding hydrogens is 482 g/mol. The summed E-state index contributed by atoms with van der Waals surface area (Å²) >= 11 is 0. The predicted octanol–water partition coefficient (Wildman–Crippen LogP) is -0.254. The molecule has 0 aromatic heterocycles. The third-order valence-corrected chi connectivity index (χ3v) is 5.62. The number of carboxylic acid groups (broad SMARTS) is 1. The summed E-state index contributed by atoms with van der Waals surface area (Å²) in [5.74, 6) is -4.30. The van der Waals surface area contributed by atoms with Crippen molar-refractivity contribution in [2.75, 3.05) is 27.9 Å². The molecule has 0 bridgehead atoms. The number of aliphatic hydroxyl groups excluding tert-OH is 1. The summed E-state index contributed by atoms with van der Waals surface area (Å²) in [7, 11) is 3.91. The number of aliphatic carboxylic acids is 1. The monoisotopic (exact) mass is 513 g/mol. The number of hydrogen-bond acceptors (Lipinski definition) is 11. The molecule has 0 saturated carbocycles. The van der Waals surface area contributed by atoms with Crippen LogP contribution in [-0.4, -0.2) is 91.1 Å². The number of hydrogen-bond donors (Lipinski definition) is 4. The highest BCUT2D eigenvalue weighted by Crippen LogP contribution is 2.39. The second-order valence-corrected chi connectivity index (χ2v) is 7.96. The number of rotatable bonds is 12. The van der Waals surface area contributed by atoms with Gasteiger partial charge in [0.2, 0.25) is 12.1 Å². The molecule has 0 spiro atoms. The Balaban J connectivity index is 2.55. The Hall–Kier alpha value is -3.30. The lowest BCUT2D eigenvalue weighted by Gasteiger charge is -2.48. The minimum absolute atomic E-state index is 0.0435. The number of carboxylic acids is 1. The quantitative estimate of drug-likeness (QED) is 0.211. The second-order valence-electron chi connectivity index (χ2n) is 7.96. The fraction of sp³-hybridized carbons (Fsp3) is 0.545. The topological polar surface area (TPSA) is 202 Å². The fourth-order valence-corrected chi connectivity index (χ4v) is 3.94. The van der Waals surface area contributed by atoms with Crippen LogP contribution in [0.25, 0.3) is 6.08 Å². The van der Waals surface area contributed by atoms with Gasteiger partial charge in [-0.15, -0.1) is 0 Å². The zero-order valence-corrected chi connectivity index (χ0v) is 20.3. The van der Waals surface area contributed by atoms with Gasteiger partial charge < -0.3 is 44.9 Å². The second kappa shape index (κ2) is 12.6. The summed E-state index contributed by atoms with van der Waals surface area (Å²) in [6.07, 6.45) is -3.06. The maximum absolute atomic E-state index is 12.6. The number of ether oxygens (including phenoxy) is 5. The zero-order valence-electron chi connectivity index (χ0n) is 20.3. The average molecular weight is 514 g/mol. The maximum atomic E-state index is 12.6. The number of carbonyl (C=O) groups is 2. The first-order valence-corrected chi connectivity index (χ1v) is 10.8. The Bertz CT molecular complexity index is 973. The molecular formula is C22H31N3O11. The summed E-state index contributed by atoms with van der Waals surface area (Å²) in [5, 5.41) is 33.9.